The quantitative estimate of drug-likeness (QED) is 0.887. The van der Waals surface area contributed by atoms with Gasteiger partial charge in [-0.1, -0.05) is 13.8 Å². The summed E-state index contributed by atoms with van der Waals surface area (Å²) in [7, 11) is 0. The Morgan fingerprint density at radius 1 is 1.42 bits per heavy atom. The highest BCUT2D eigenvalue weighted by molar-refractivity contribution is 5.36. The standard InChI is InChI=1S/C15H25N3O/c1-11(2)14-10-12(3)16-15(17-14)18-8-4-6-13(18)7-5-9-19/h10-11,13,19H,4-9H2,1-3H3. The van der Waals surface area contributed by atoms with E-state index in [4.69, 9.17) is 10.1 Å². The van der Waals surface area contributed by atoms with Crippen molar-refractivity contribution in [1.82, 2.24) is 9.97 Å². The van der Waals surface area contributed by atoms with Crippen molar-refractivity contribution in [1.29, 1.82) is 0 Å². The molecule has 0 aromatic carbocycles. The van der Waals surface area contributed by atoms with Crippen LogP contribution in [0.4, 0.5) is 5.95 Å². The van der Waals surface area contributed by atoms with Crippen molar-refractivity contribution >= 4 is 5.95 Å². The highest BCUT2D eigenvalue weighted by Gasteiger charge is 2.26. The summed E-state index contributed by atoms with van der Waals surface area (Å²) in [4.78, 5) is 11.7. The number of anilines is 1. The monoisotopic (exact) mass is 263 g/mol. The molecule has 1 aliphatic heterocycles. The molecule has 0 aliphatic carbocycles. The van der Waals surface area contributed by atoms with Crippen LogP contribution in [0.15, 0.2) is 6.07 Å². The number of hydrogen-bond acceptors (Lipinski definition) is 4. The van der Waals surface area contributed by atoms with Gasteiger partial charge in [-0.2, -0.15) is 0 Å². The molecule has 0 spiro atoms. The highest BCUT2D eigenvalue weighted by Crippen LogP contribution is 2.26. The molecule has 0 amide bonds. The molecular weight excluding hydrogens is 238 g/mol. The van der Waals surface area contributed by atoms with E-state index < -0.39 is 0 Å². The van der Waals surface area contributed by atoms with Crippen LogP contribution >= 0.6 is 0 Å². The summed E-state index contributed by atoms with van der Waals surface area (Å²) in [5.74, 6) is 1.31. The molecule has 0 radical (unpaired) electrons. The van der Waals surface area contributed by atoms with Crippen LogP contribution in [0.2, 0.25) is 0 Å². The lowest BCUT2D eigenvalue weighted by molar-refractivity contribution is 0.279. The van der Waals surface area contributed by atoms with Crippen LogP contribution in [-0.2, 0) is 0 Å². The van der Waals surface area contributed by atoms with Crippen molar-refractivity contribution < 1.29 is 5.11 Å². The van der Waals surface area contributed by atoms with Crippen molar-refractivity contribution in [2.24, 2.45) is 0 Å². The van der Waals surface area contributed by atoms with E-state index in [0.29, 0.717) is 12.0 Å². The summed E-state index contributed by atoms with van der Waals surface area (Å²) in [6.45, 7) is 7.68. The first-order valence-electron chi connectivity index (χ1n) is 7.35. The summed E-state index contributed by atoms with van der Waals surface area (Å²) in [5, 5.41) is 8.99. The molecular formula is C15H25N3O. The Balaban J connectivity index is 2.20. The Bertz CT molecular complexity index is 420. The smallest absolute Gasteiger partial charge is 0.226 e. The van der Waals surface area contributed by atoms with Gasteiger partial charge in [-0.05, 0) is 44.6 Å². The van der Waals surface area contributed by atoms with E-state index in [0.717, 1.165) is 36.7 Å². The lowest BCUT2D eigenvalue weighted by atomic mass is 10.1. The van der Waals surface area contributed by atoms with Gasteiger partial charge in [0.25, 0.3) is 0 Å². The largest absolute Gasteiger partial charge is 0.396 e. The first-order chi connectivity index (χ1) is 9.11. The Labute approximate surface area is 115 Å². The van der Waals surface area contributed by atoms with E-state index in [1.165, 1.54) is 12.8 Å². The number of hydrogen-bond donors (Lipinski definition) is 1. The molecule has 4 nitrogen and oxygen atoms in total. The van der Waals surface area contributed by atoms with Gasteiger partial charge >= 0.3 is 0 Å². The normalized spacial score (nSPS) is 19.4. The maximum Gasteiger partial charge on any atom is 0.226 e. The molecule has 1 N–H and O–H groups in total. The molecule has 1 aliphatic rings. The Morgan fingerprint density at radius 2 is 2.21 bits per heavy atom. The van der Waals surface area contributed by atoms with Gasteiger partial charge < -0.3 is 10.0 Å². The van der Waals surface area contributed by atoms with Crippen LogP contribution in [0, 0.1) is 6.92 Å². The van der Waals surface area contributed by atoms with Crippen LogP contribution in [0.3, 0.4) is 0 Å². The Hall–Kier alpha value is -1.16. The summed E-state index contributed by atoms with van der Waals surface area (Å²) in [6, 6.07) is 2.57. The predicted molar refractivity (Wildman–Crippen MR) is 77.5 cm³/mol. The topological polar surface area (TPSA) is 49.2 Å². The van der Waals surface area contributed by atoms with Gasteiger partial charge in [0.15, 0.2) is 0 Å². The molecule has 1 saturated heterocycles. The number of rotatable bonds is 5. The van der Waals surface area contributed by atoms with Crippen LogP contribution in [0.25, 0.3) is 0 Å². The third-order valence-electron chi connectivity index (χ3n) is 3.78. The predicted octanol–water partition coefficient (Wildman–Crippen LogP) is 2.65. The maximum absolute atomic E-state index is 8.99. The minimum Gasteiger partial charge on any atom is -0.396 e. The fourth-order valence-electron chi connectivity index (χ4n) is 2.73. The molecule has 1 unspecified atom stereocenters. The fourth-order valence-corrected chi connectivity index (χ4v) is 2.73. The molecule has 1 atom stereocenters. The van der Waals surface area contributed by atoms with Crippen molar-refractivity contribution in [3.8, 4) is 0 Å². The molecule has 2 rings (SSSR count). The van der Waals surface area contributed by atoms with Gasteiger partial charge in [0.2, 0.25) is 5.95 Å². The minimum absolute atomic E-state index is 0.274. The van der Waals surface area contributed by atoms with Crippen molar-refractivity contribution in [3.63, 3.8) is 0 Å². The van der Waals surface area contributed by atoms with Crippen LogP contribution in [-0.4, -0.2) is 34.3 Å². The summed E-state index contributed by atoms with van der Waals surface area (Å²) in [5.41, 5.74) is 2.16. The zero-order valence-corrected chi connectivity index (χ0v) is 12.3. The second-order valence-electron chi connectivity index (χ2n) is 5.74. The number of nitrogens with zero attached hydrogens (tertiary/aromatic N) is 3. The molecule has 2 heterocycles. The van der Waals surface area contributed by atoms with Crippen LogP contribution in [0.5, 0.6) is 0 Å². The van der Waals surface area contributed by atoms with Crippen molar-refractivity contribution in [2.45, 2.75) is 58.4 Å². The van der Waals surface area contributed by atoms with E-state index in [-0.39, 0.29) is 6.61 Å². The molecule has 0 saturated carbocycles. The van der Waals surface area contributed by atoms with Gasteiger partial charge in [-0.15, -0.1) is 0 Å². The van der Waals surface area contributed by atoms with Gasteiger partial charge in [0.05, 0.1) is 0 Å². The maximum atomic E-state index is 8.99. The average Bonchev–Trinajstić information content (AvgIpc) is 2.83. The van der Waals surface area contributed by atoms with Crippen LogP contribution in [0.1, 0.15) is 56.8 Å². The van der Waals surface area contributed by atoms with Gasteiger partial charge in [0.1, 0.15) is 0 Å². The van der Waals surface area contributed by atoms with E-state index in [1.807, 2.05) is 6.92 Å². The van der Waals surface area contributed by atoms with Gasteiger partial charge in [-0.25, -0.2) is 9.97 Å². The van der Waals surface area contributed by atoms with Gasteiger partial charge in [-0.3, -0.25) is 0 Å². The third-order valence-corrected chi connectivity index (χ3v) is 3.78. The zero-order valence-electron chi connectivity index (χ0n) is 12.3. The average molecular weight is 263 g/mol. The molecule has 0 bridgehead atoms. The SMILES string of the molecule is Cc1cc(C(C)C)nc(N2CCCC2CCCO)n1. The highest BCUT2D eigenvalue weighted by atomic mass is 16.2. The van der Waals surface area contributed by atoms with Gasteiger partial charge in [0, 0.05) is 30.6 Å². The van der Waals surface area contributed by atoms with E-state index in [2.05, 4.69) is 29.8 Å². The Kier molecular flexibility index (Phi) is 4.75. The second-order valence-corrected chi connectivity index (χ2v) is 5.74. The second kappa shape index (κ2) is 6.33. The minimum atomic E-state index is 0.274. The van der Waals surface area contributed by atoms with Crippen LogP contribution < -0.4 is 4.90 Å². The molecule has 19 heavy (non-hydrogen) atoms. The first kappa shape index (κ1) is 14.3. The molecule has 4 heteroatoms. The summed E-state index contributed by atoms with van der Waals surface area (Å²) in [6.07, 6.45) is 4.29. The first-order valence-corrected chi connectivity index (χ1v) is 7.35. The number of aliphatic hydroxyl groups excluding tert-OH is 1. The van der Waals surface area contributed by atoms with Crippen molar-refractivity contribution in [2.75, 3.05) is 18.1 Å². The summed E-state index contributed by atoms with van der Waals surface area (Å²) >= 11 is 0. The molecule has 1 aromatic rings. The van der Waals surface area contributed by atoms with E-state index in [1.54, 1.807) is 0 Å². The number of aryl methyl sites for hydroxylation is 1. The van der Waals surface area contributed by atoms with E-state index >= 15 is 0 Å². The molecule has 1 aromatic heterocycles. The lowest BCUT2D eigenvalue weighted by Crippen LogP contribution is -2.31. The van der Waals surface area contributed by atoms with Crippen molar-refractivity contribution in [3.05, 3.63) is 17.5 Å². The number of aliphatic hydroxyl groups is 1. The van der Waals surface area contributed by atoms with E-state index in [9.17, 15) is 0 Å². The zero-order chi connectivity index (χ0) is 13.8. The molecule has 106 valence electrons. The fraction of sp³-hybridized carbons (Fsp3) is 0.733. The summed E-state index contributed by atoms with van der Waals surface area (Å²) < 4.78 is 0. The lowest BCUT2D eigenvalue weighted by Gasteiger charge is -2.25. The number of aromatic nitrogens is 2. The third kappa shape index (κ3) is 3.44. The Morgan fingerprint density at radius 3 is 2.89 bits per heavy atom. The molecule has 1 fully saturated rings.